The minimum absolute atomic E-state index is 0.0156. The zero-order chi connectivity index (χ0) is 15.1. The van der Waals surface area contributed by atoms with Gasteiger partial charge in [0.2, 0.25) is 5.91 Å². The van der Waals surface area contributed by atoms with Crippen LogP contribution < -0.4 is 5.32 Å². The number of nitrogens with one attached hydrogen (secondary N) is 1. The maximum absolute atomic E-state index is 12.1. The number of amides is 1. The molecule has 0 saturated carbocycles. The summed E-state index contributed by atoms with van der Waals surface area (Å²) in [6, 6.07) is -0.109. The van der Waals surface area contributed by atoms with Gasteiger partial charge in [-0.3, -0.25) is 14.8 Å². The molecule has 2 aromatic rings. The third kappa shape index (κ3) is 4.08. The Hall–Kier alpha value is -2.31. The predicted octanol–water partition coefficient (Wildman–Crippen LogP) is 1.29. The van der Waals surface area contributed by atoms with E-state index in [-0.39, 0.29) is 11.9 Å². The molecule has 0 fully saturated rings. The van der Waals surface area contributed by atoms with Gasteiger partial charge in [-0.1, -0.05) is 6.92 Å². The lowest BCUT2D eigenvalue weighted by Crippen LogP contribution is -2.30. The highest BCUT2D eigenvalue weighted by Crippen LogP contribution is 2.13. The Morgan fingerprint density at radius 2 is 2.19 bits per heavy atom. The van der Waals surface area contributed by atoms with Gasteiger partial charge in [0.1, 0.15) is 12.2 Å². The van der Waals surface area contributed by atoms with Crippen molar-refractivity contribution in [2.45, 2.75) is 45.7 Å². The Labute approximate surface area is 123 Å². The van der Waals surface area contributed by atoms with Crippen LogP contribution in [0.4, 0.5) is 0 Å². The number of aryl methyl sites for hydroxylation is 2. The van der Waals surface area contributed by atoms with Crippen LogP contribution >= 0.6 is 0 Å². The van der Waals surface area contributed by atoms with Crippen LogP contribution in [0, 0.1) is 0 Å². The van der Waals surface area contributed by atoms with Crippen LogP contribution in [-0.4, -0.2) is 30.6 Å². The van der Waals surface area contributed by atoms with E-state index in [1.165, 1.54) is 6.33 Å². The van der Waals surface area contributed by atoms with Gasteiger partial charge in [-0.05, 0) is 19.8 Å². The lowest BCUT2D eigenvalue weighted by molar-refractivity contribution is -0.121. The molecule has 2 aromatic heterocycles. The van der Waals surface area contributed by atoms with Crippen LogP contribution in [0.3, 0.4) is 0 Å². The highest BCUT2D eigenvalue weighted by atomic mass is 16.1. The minimum atomic E-state index is -0.109. The van der Waals surface area contributed by atoms with Gasteiger partial charge < -0.3 is 5.32 Å². The molecule has 2 rings (SSSR count). The standard InChI is InChI=1S/C14H20N6O/c1-3-12(14-17-10-18-20(14)4-2)19-13(21)6-5-11-9-15-7-8-16-11/h7-10,12H,3-6H2,1-2H3,(H,19,21)/t12-/m0/s1. The highest BCUT2D eigenvalue weighted by Gasteiger charge is 2.17. The molecule has 7 nitrogen and oxygen atoms in total. The summed E-state index contributed by atoms with van der Waals surface area (Å²) in [5.74, 6) is 0.783. The SMILES string of the molecule is CC[C@H](NC(=O)CCc1cnccn1)c1ncnn1CC. The Bertz CT molecular complexity index is 568. The molecular weight excluding hydrogens is 268 g/mol. The molecule has 112 valence electrons. The van der Waals surface area contributed by atoms with Gasteiger partial charge in [-0.25, -0.2) is 9.67 Å². The first-order chi connectivity index (χ1) is 10.2. The van der Waals surface area contributed by atoms with Crippen molar-refractivity contribution in [2.24, 2.45) is 0 Å². The first-order valence-corrected chi connectivity index (χ1v) is 7.16. The lowest BCUT2D eigenvalue weighted by Gasteiger charge is -2.16. The van der Waals surface area contributed by atoms with E-state index in [0.29, 0.717) is 12.8 Å². The molecule has 0 aliphatic rings. The van der Waals surface area contributed by atoms with E-state index in [9.17, 15) is 4.79 Å². The largest absolute Gasteiger partial charge is 0.346 e. The van der Waals surface area contributed by atoms with E-state index in [4.69, 9.17) is 0 Å². The summed E-state index contributed by atoms with van der Waals surface area (Å²) in [6.07, 6.45) is 8.19. The van der Waals surface area contributed by atoms with Crippen LogP contribution in [0.15, 0.2) is 24.9 Å². The van der Waals surface area contributed by atoms with Crippen molar-refractivity contribution in [2.75, 3.05) is 0 Å². The Balaban J connectivity index is 1.91. The molecule has 0 saturated heterocycles. The first-order valence-electron chi connectivity index (χ1n) is 7.16. The fraction of sp³-hybridized carbons (Fsp3) is 0.500. The molecule has 0 spiro atoms. The fourth-order valence-electron chi connectivity index (χ4n) is 2.10. The zero-order valence-electron chi connectivity index (χ0n) is 12.4. The molecule has 0 bridgehead atoms. The molecular formula is C14H20N6O. The van der Waals surface area contributed by atoms with E-state index in [2.05, 4.69) is 25.4 Å². The summed E-state index contributed by atoms with van der Waals surface area (Å²) in [5.41, 5.74) is 0.817. The molecule has 2 heterocycles. The lowest BCUT2D eigenvalue weighted by atomic mass is 10.2. The summed E-state index contributed by atoms with van der Waals surface area (Å²) >= 11 is 0. The van der Waals surface area contributed by atoms with E-state index in [1.807, 2.05) is 13.8 Å². The molecule has 0 aromatic carbocycles. The smallest absolute Gasteiger partial charge is 0.220 e. The Morgan fingerprint density at radius 3 is 2.86 bits per heavy atom. The van der Waals surface area contributed by atoms with Crippen molar-refractivity contribution in [3.05, 3.63) is 36.4 Å². The van der Waals surface area contributed by atoms with Crippen molar-refractivity contribution in [1.82, 2.24) is 30.0 Å². The second-order valence-electron chi connectivity index (χ2n) is 4.66. The van der Waals surface area contributed by atoms with Crippen LogP contribution in [0.5, 0.6) is 0 Å². The number of hydrogen-bond acceptors (Lipinski definition) is 5. The number of carbonyl (C=O) groups is 1. The maximum atomic E-state index is 12.1. The van der Waals surface area contributed by atoms with Gasteiger partial charge in [-0.15, -0.1) is 0 Å². The normalized spacial score (nSPS) is 12.1. The molecule has 1 atom stereocenters. The zero-order valence-corrected chi connectivity index (χ0v) is 12.4. The summed E-state index contributed by atoms with van der Waals surface area (Å²) < 4.78 is 1.80. The summed E-state index contributed by atoms with van der Waals surface area (Å²) in [7, 11) is 0. The second-order valence-corrected chi connectivity index (χ2v) is 4.66. The first kappa shape index (κ1) is 15.1. The number of hydrogen-bond donors (Lipinski definition) is 1. The summed E-state index contributed by atoms with van der Waals surface area (Å²) in [5, 5.41) is 7.14. The number of aromatic nitrogens is 5. The molecule has 7 heteroatoms. The maximum Gasteiger partial charge on any atom is 0.220 e. The van der Waals surface area contributed by atoms with Crippen LogP contribution in [0.25, 0.3) is 0 Å². The molecule has 0 radical (unpaired) electrons. The average Bonchev–Trinajstić information content (AvgIpc) is 3.00. The fourth-order valence-corrected chi connectivity index (χ4v) is 2.10. The number of rotatable bonds is 7. The predicted molar refractivity (Wildman–Crippen MR) is 77.2 cm³/mol. The molecule has 1 N–H and O–H groups in total. The monoisotopic (exact) mass is 288 g/mol. The van der Waals surface area contributed by atoms with Crippen LogP contribution in [0.2, 0.25) is 0 Å². The summed E-state index contributed by atoms with van der Waals surface area (Å²) in [6.45, 7) is 4.75. The highest BCUT2D eigenvalue weighted by molar-refractivity contribution is 5.76. The van der Waals surface area contributed by atoms with Gasteiger partial charge in [0.25, 0.3) is 0 Å². The van der Waals surface area contributed by atoms with Gasteiger partial charge >= 0.3 is 0 Å². The molecule has 0 unspecified atom stereocenters. The van der Waals surface area contributed by atoms with Crippen LogP contribution in [0.1, 0.15) is 44.2 Å². The van der Waals surface area contributed by atoms with Crippen LogP contribution in [-0.2, 0) is 17.8 Å². The Morgan fingerprint density at radius 1 is 1.33 bits per heavy atom. The van der Waals surface area contributed by atoms with Crippen molar-refractivity contribution < 1.29 is 4.79 Å². The third-order valence-electron chi connectivity index (χ3n) is 3.23. The molecule has 1 amide bonds. The van der Waals surface area contributed by atoms with E-state index < -0.39 is 0 Å². The topological polar surface area (TPSA) is 85.6 Å². The van der Waals surface area contributed by atoms with Gasteiger partial charge in [0, 0.05) is 31.6 Å². The number of carbonyl (C=O) groups excluding carboxylic acids is 1. The quantitative estimate of drug-likeness (QED) is 0.829. The average molecular weight is 288 g/mol. The number of nitrogens with zero attached hydrogens (tertiary/aromatic N) is 5. The third-order valence-corrected chi connectivity index (χ3v) is 3.23. The van der Waals surface area contributed by atoms with Gasteiger partial charge in [-0.2, -0.15) is 5.10 Å². The molecule has 0 aliphatic carbocycles. The van der Waals surface area contributed by atoms with E-state index in [0.717, 1.165) is 24.5 Å². The minimum Gasteiger partial charge on any atom is -0.346 e. The second kappa shape index (κ2) is 7.47. The van der Waals surface area contributed by atoms with Crippen molar-refractivity contribution in [3.63, 3.8) is 0 Å². The molecule has 0 aliphatic heterocycles. The van der Waals surface area contributed by atoms with Gasteiger partial charge in [0.15, 0.2) is 0 Å². The summed E-state index contributed by atoms with van der Waals surface area (Å²) in [4.78, 5) is 24.5. The van der Waals surface area contributed by atoms with Gasteiger partial charge in [0.05, 0.1) is 11.7 Å². The van der Waals surface area contributed by atoms with Crippen molar-refractivity contribution >= 4 is 5.91 Å². The van der Waals surface area contributed by atoms with Crippen molar-refractivity contribution in [3.8, 4) is 0 Å². The van der Waals surface area contributed by atoms with Crippen molar-refractivity contribution in [1.29, 1.82) is 0 Å². The Kier molecular flexibility index (Phi) is 5.36. The molecule has 21 heavy (non-hydrogen) atoms. The van der Waals surface area contributed by atoms with E-state index in [1.54, 1.807) is 23.3 Å². The van der Waals surface area contributed by atoms with E-state index >= 15 is 0 Å².